The first-order valence-corrected chi connectivity index (χ1v) is 11.0. The summed E-state index contributed by atoms with van der Waals surface area (Å²) in [4.78, 5) is 22.0. The Morgan fingerprint density at radius 1 is 1.11 bits per heavy atom. The number of hydrogen-bond acceptors (Lipinski definition) is 9. The van der Waals surface area contributed by atoms with E-state index in [-0.39, 0.29) is 18.1 Å². The fraction of sp³-hybridized carbons (Fsp3) is 0.160. The first-order chi connectivity index (χ1) is 17.5. The number of aryl methyl sites for hydroxylation is 2. The summed E-state index contributed by atoms with van der Waals surface area (Å²) < 4.78 is 8.36. The molecule has 0 fully saturated rings. The van der Waals surface area contributed by atoms with E-state index in [4.69, 9.17) is 9.72 Å². The summed E-state index contributed by atoms with van der Waals surface area (Å²) >= 11 is 0. The van der Waals surface area contributed by atoms with Crippen LogP contribution in [0.25, 0.3) is 22.7 Å². The number of pyridine rings is 1. The van der Waals surface area contributed by atoms with Crippen molar-refractivity contribution in [1.29, 1.82) is 5.26 Å². The summed E-state index contributed by atoms with van der Waals surface area (Å²) in [6.45, 7) is 3.57. The van der Waals surface area contributed by atoms with Crippen molar-refractivity contribution in [3.8, 4) is 17.7 Å². The summed E-state index contributed by atoms with van der Waals surface area (Å²) in [5, 5.41) is 25.1. The van der Waals surface area contributed by atoms with Gasteiger partial charge in [0.2, 0.25) is 0 Å². The van der Waals surface area contributed by atoms with Gasteiger partial charge in [0, 0.05) is 18.5 Å². The Kier molecular flexibility index (Phi) is 5.93. The third kappa shape index (κ3) is 4.28. The van der Waals surface area contributed by atoms with Crippen molar-refractivity contribution in [2.45, 2.75) is 13.8 Å². The number of nitrogens with zero attached hydrogens (tertiary/aromatic N) is 8. The van der Waals surface area contributed by atoms with E-state index < -0.39 is 0 Å². The van der Waals surface area contributed by atoms with Crippen LogP contribution >= 0.6 is 0 Å². The second kappa shape index (κ2) is 9.36. The maximum atomic E-state index is 12.8. The van der Waals surface area contributed by atoms with E-state index in [0.717, 1.165) is 22.4 Å². The quantitative estimate of drug-likeness (QED) is 0.348. The molecule has 11 nitrogen and oxygen atoms in total. The monoisotopic (exact) mass is 479 g/mol. The summed E-state index contributed by atoms with van der Waals surface area (Å²) in [6.07, 6.45) is 1.67. The number of aromatic nitrogens is 7. The lowest BCUT2D eigenvalue weighted by Gasteiger charge is -2.13. The van der Waals surface area contributed by atoms with Crippen LogP contribution in [0.3, 0.4) is 0 Å². The van der Waals surface area contributed by atoms with Crippen LogP contribution in [-0.4, -0.2) is 54.0 Å². The Morgan fingerprint density at radius 2 is 1.97 bits per heavy atom. The highest BCUT2D eigenvalue weighted by molar-refractivity contribution is 6.00. The number of anilines is 2. The lowest BCUT2D eigenvalue weighted by atomic mass is 10.1. The fourth-order valence-corrected chi connectivity index (χ4v) is 3.79. The highest BCUT2D eigenvalue weighted by Gasteiger charge is 2.19. The number of fused-ring (bicyclic) bond motifs is 1. The zero-order chi connectivity index (χ0) is 25.2. The van der Waals surface area contributed by atoms with Crippen LogP contribution in [0.1, 0.15) is 27.4 Å². The average Bonchev–Trinajstić information content (AvgIpc) is 3.48. The molecule has 4 aromatic heterocycles. The van der Waals surface area contributed by atoms with Crippen molar-refractivity contribution in [2.24, 2.45) is 0 Å². The van der Waals surface area contributed by atoms with Gasteiger partial charge < -0.3 is 10.1 Å². The normalized spacial score (nSPS) is 10.9. The number of ketones is 1. The number of rotatable bonds is 7. The van der Waals surface area contributed by atoms with Crippen LogP contribution in [0.5, 0.6) is 0 Å². The van der Waals surface area contributed by atoms with Crippen molar-refractivity contribution in [3.63, 3.8) is 0 Å². The molecule has 5 aromatic rings. The number of Topliss-reactive ketones (excluding diaryl/α,β-unsaturated/α-hetero) is 1. The third-order valence-electron chi connectivity index (χ3n) is 5.50. The molecule has 0 aliphatic rings. The number of benzene rings is 1. The van der Waals surface area contributed by atoms with Gasteiger partial charge in [-0.15, -0.1) is 5.10 Å². The summed E-state index contributed by atoms with van der Waals surface area (Å²) in [7, 11) is 1.46. The molecule has 0 bridgehead atoms. The van der Waals surface area contributed by atoms with Crippen molar-refractivity contribution >= 4 is 28.3 Å². The van der Waals surface area contributed by atoms with Crippen LogP contribution in [-0.2, 0) is 4.74 Å². The van der Waals surface area contributed by atoms with Crippen molar-refractivity contribution in [1.82, 2.24) is 34.5 Å². The number of carbonyl (C=O) groups excluding carboxylic acids is 1. The Bertz CT molecular complexity index is 1630. The molecule has 178 valence electrons. The first-order valence-electron chi connectivity index (χ1n) is 11.0. The van der Waals surface area contributed by atoms with Gasteiger partial charge in [0.25, 0.3) is 0 Å². The van der Waals surface area contributed by atoms with Crippen LogP contribution in [0.15, 0.2) is 54.9 Å². The van der Waals surface area contributed by atoms with Crippen LogP contribution in [0, 0.1) is 25.2 Å². The van der Waals surface area contributed by atoms with Gasteiger partial charge in [-0.1, -0.05) is 0 Å². The molecule has 0 spiro atoms. The number of methoxy groups -OCH3 is 1. The number of nitriles is 1. The molecule has 0 saturated carbocycles. The largest absolute Gasteiger partial charge is 0.377 e. The predicted octanol–water partition coefficient (Wildman–Crippen LogP) is 3.46. The minimum atomic E-state index is -0.249. The van der Waals surface area contributed by atoms with Crippen molar-refractivity contribution in [2.75, 3.05) is 19.0 Å². The molecule has 0 radical (unpaired) electrons. The van der Waals surface area contributed by atoms with E-state index in [0.29, 0.717) is 28.7 Å². The van der Waals surface area contributed by atoms with Gasteiger partial charge in [-0.2, -0.15) is 15.5 Å². The lowest BCUT2D eigenvalue weighted by Crippen LogP contribution is -2.15. The van der Waals surface area contributed by atoms with E-state index in [1.165, 1.54) is 11.8 Å². The molecule has 5 rings (SSSR count). The Labute approximate surface area is 206 Å². The average molecular weight is 480 g/mol. The maximum Gasteiger partial charge on any atom is 0.192 e. The van der Waals surface area contributed by atoms with E-state index in [1.54, 1.807) is 31.5 Å². The minimum Gasteiger partial charge on any atom is -0.377 e. The molecule has 4 heterocycles. The lowest BCUT2D eigenvalue weighted by molar-refractivity contribution is 0.0847. The number of nitrogens with one attached hydrogen (secondary N) is 1. The topological polar surface area (TPSA) is 136 Å². The molecule has 0 atom stereocenters. The number of hydrogen-bond donors (Lipinski definition) is 1. The van der Waals surface area contributed by atoms with Gasteiger partial charge in [0.05, 0.1) is 22.3 Å². The van der Waals surface area contributed by atoms with Gasteiger partial charge in [-0.05, 0) is 62.4 Å². The standard InChI is InChI=1S/C25H21N9O2/c1-15-4-8-23(31-30-15)28-17-5-7-20-21(11-17)33(14-27-20)24-9-6-19(22(35)13-36-3)25(29-24)34-16(2)10-18(12-26)32-34/h4-11,14H,13H2,1-3H3,(H,28,31). The minimum absolute atomic E-state index is 0.107. The molecule has 11 heteroatoms. The molecule has 0 saturated heterocycles. The predicted molar refractivity (Wildman–Crippen MR) is 132 cm³/mol. The zero-order valence-electron chi connectivity index (χ0n) is 19.8. The van der Waals surface area contributed by atoms with Crippen LogP contribution in [0.4, 0.5) is 11.5 Å². The molecule has 36 heavy (non-hydrogen) atoms. The fourth-order valence-electron chi connectivity index (χ4n) is 3.79. The number of imidazole rings is 1. The molecule has 0 aliphatic carbocycles. The Hall–Kier alpha value is -4.95. The van der Waals surface area contributed by atoms with Gasteiger partial charge in [-0.3, -0.25) is 9.36 Å². The van der Waals surface area contributed by atoms with Crippen LogP contribution < -0.4 is 5.32 Å². The smallest absolute Gasteiger partial charge is 0.192 e. The summed E-state index contributed by atoms with van der Waals surface area (Å²) in [5.74, 6) is 1.21. The summed E-state index contributed by atoms with van der Waals surface area (Å²) in [6, 6.07) is 16.6. The van der Waals surface area contributed by atoms with Gasteiger partial charge in [0.15, 0.2) is 23.1 Å². The zero-order valence-corrected chi connectivity index (χ0v) is 19.8. The van der Waals surface area contributed by atoms with Gasteiger partial charge in [-0.25, -0.2) is 14.6 Å². The number of ether oxygens (including phenoxy) is 1. The second-order valence-electron chi connectivity index (χ2n) is 8.09. The molecular formula is C25H21N9O2. The molecule has 0 aliphatic heterocycles. The highest BCUT2D eigenvalue weighted by Crippen LogP contribution is 2.25. The number of carbonyl (C=O) groups is 1. The summed E-state index contributed by atoms with van der Waals surface area (Å²) in [5.41, 5.74) is 4.43. The molecule has 0 unspecified atom stereocenters. The van der Waals surface area contributed by atoms with Crippen molar-refractivity contribution < 1.29 is 9.53 Å². The van der Waals surface area contributed by atoms with E-state index in [2.05, 4.69) is 25.6 Å². The van der Waals surface area contributed by atoms with Crippen molar-refractivity contribution in [3.05, 3.63) is 77.5 Å². The molecule has 1 aromatic carbocycles. The molecule has 0 amide bonds. The van der Waals surface area contributed by atoms with E-state index in [1.807, 2.05) is 47.9 Å². The second-order valence-corrected chi connectivity index (χ2v) is 8.09. The van der Waals surface area contributed by atoms with Gasteiger partial charge in [0.1, 0.15) is 24.8 Å². The Balaban J connectivity index is 1.60. The Morgan fingerprint density at radius 3 is 2.69 bits per heavy atom. The highest BCUT2D eigenvalue weighted by atomic mass is 16.5. The molecular weight excluding hydrogens is 458 g/mol. The maximum absolute atomic E-state index is 12.8. The molecule has 1 N–H and O–H groups in total. The van der Waals surface area contributed by atoms with E-state index in [9.17, 15) is 10.1 Å². The van der Waals surface area contributed by atoms with Gasteiger partial charge >= 0.3 is 0 Å². The van der Waals surface area contributed by atoms with Crippen LogP contribution in [0.2, 0.25) is 0 Å². The van der Waals surface area contributed by atoms with E-state index >= 15 is 0 Å². The third-order valence-corrected chi connectivity index (χ3v) is 5.50. The first kappa shape index (κ1) is 22.8. The SMILES string of the molecule is COCC(=O)c1ccc(-n2cnc3ccc(Nc4ccc(C)nn4)cc32)nc1-n1nc(C#N)cc1C.